The average Bonchev–Trinajstić information content (AvgIpc) is 2.22. The van der Waals surface area contributed by atoms with E-state index in [1.54, 1.807) is 0 Å². The number of hydrogen-bond donors (Lipinski definition) is 1. The smallest absolute Gasteiger partial charge is 0.221 e. The Kier molecular flexibility index (Phi) is 4.28. The number of anilines is 1. The van der Waals surface area contributed by atoms with Crippen LogP contribution in [0.1, 0.15) is 24.7 Å². The van der Waals surface area contributed by atoms with Gasteiger partial charge in [0.2, 0.25) is 5.88 Å². The molecule has 1 heterocycles. The van der Waals surface area contributed by atoms with Gasteiger partial charge in [-0.05, 0) is 20.8 Å². The van der Waals surface area contributed by atoms with Crippen molar-refractivity contribution < 1.29 is 4.74 Å². The first-order chi connectivity index (χ1) is 7.54. The van der Waals surface area contributed by atoms with Gasteiger partial charge in [0.1, 0.15) is 11.6 Å². The Morgan fingerprint density at radius 2 is 2.06 bits per heavy atom. The summed E-state index contributed by atoms with van der Waals surface area (Å²) in [6.07, 6.45) is 0.845. The molecule has 0 aromatic carbocycles. The maximum absolute atomic E-state index is 5.62. The molecule has 0 saturated carbocycles. The fraction of sp³-hybridized carbons (Fsp3) is 0.500. The third kappa shape index (κ3) is 3.22. The van der Waals surface area contributed by atoms with E-state index in [4.69, 9.17) is 4.74 Å². The number of ether oxygens (including phenoxy) is 1. The van der Waals surface area contributed by atoms with Crippen LogP contribution in [0.25, 0.3) is 0 Å². The van der Waals surface area contributed by atoms with Crippen molar-refractivity contribution in [3.8, 4) is 5.88 Å². The molecule has 1 N–H and O–H groups in total. The lowest BCUT2D eigenvalue weighted by molar-refractivity contribution is 0.306. The Balaban J connectivity index is 2.78. The summed E-state index contributed by atoms with van der Waals surface area (Å²) in [4.78, 5) is 8.55. The van der Waals surface area contributed by atoms with Crippen molar-refractivity contribution in [1.82, 2.24) is 9.97 Å². The van der Waals surface area contributed by atoms with Crippen LogP contribution in [-0.4, -0.2) is 23.6 Å². The summed E-state index contributed by atoms with van der Waals surface area (Å²) in [7, 11) is 1.84. The van der Waals surface area contributed by atoms with Gasteiger partial charge in [-0.15, -0.1) is 6.58 Å². The molecule has 4 nitrogen and oxygen atoms in total. The largest absolute Gasteiger partial charge is 0.477 e. The Bertz CT molecular complexity index is 388. The van der Waals surface area contributed by atoms with E-state index >= 15 is 0 Å². The summed E-state index contributed by atoms with van der Waals surface area (Å²) in [5.74, 6) is 2.18. The molecule has 0 spiro atoms. The average molecular weight is 221 g/mol. The van der Waals surface area contributed by atoms with Crippen LogP contribution >= 0.6 is 0 Å². The summed E-state index contributed by atoms with van der Waals surface area (Å²) in [6, 6.07) is 0. The van der Waals surface area contributed by atoms with Crippen molar-refractivity contribution in [2.45, 2.75) is 27.2 Å². The maximum Gasteiger partial charge on any atom is 0.221 e. The third-order valence-corrected chi connectivity index (χ3v) is 2.22. The zero-order valence-electron chi connectivity index (χ0n) is 10.4. The van der Waals surface area contributed by atoms with E-state index in [1.807, 2.05) is 27.8 Å². The van der Waals surface area contributed by atoms with Gasteiger partial charge in [0.25, 0.3) is 0 Å². The Hall–Kier alpha value is -1.58. The summed E-state index contributed by atoms with van der Waals surface area (Å²) < 4.78 is 5.62. The van der Waals surface area contributed by atoms with Crippen molar-refractivity contribution >= 4 is 5.82 Å². The molecule has 1 aromatic heterocycles. The van der Waals surface area contributed by atoms with Gasteiger partial charge >= 0.3 is 0 Å². The van der Waals surface area contributed by atoms with Crippen molar-refractivity contribution in [2.75, 3.05) is 19.0 Å². The zero-order valence-corrected chi connectivity index (χ0v) is 10.4. The van der Waals surface area contributed by atoms with Crippen LogP contribution < -0.4 is 10.1 Å². The number of nitrogens with one attached hydrogen (secondary N) is 1. The highest BCUT2D eigenvalue weighted by Gasteiger charge is 2.08. The molecule has 1 rings (SSSR count). The molecule has 1 aromatic rings. The van der Waals surface area contributed by atoms with Gasteiger partial charge in [-0.1, -0.05) is 5.57 Å². The van der Waals surface area contributed by atoms with Crippen LogP contribution in [0.4, 0.5) is 5.82 Å². The molecule has 16 heavy (non-hydrogen) atoms. The second-order valence-corrected chi connectivity index (χ2v) is 3.86. The molecule has 0 radical (unpaired) electrons. The van der Waals surface area contributed by atoms with Gasteiger partial charge < -0.3 is 10.1 Å². The normalized spacial score (nSPS) is 10.0. The highest BCUT2D eigenvalue weighted by atomic mass is 16.5. The minimum absolute atomic E-state index is 0.607. The monoisotopic (exact) mass is 221 g/mol. The summed E-state index contributed by atoms with van der Waals surface area (Å²) in [5.41, 5.74) is 2.05. The fourth-order valence-electron chi connectivity index (χ4n) is 1.31. The van der Waals surface area contributed by atoms with Gasteiger partial charge in [0.05, 0.1) is 12.2 Å². The van der Waals surface area contributed by atoms with Gasteiger partial charge in [0.15, 0.2) is 0 Å². The van der Waals surface area contributed by atoms with E-state index in [2.05, 4.69) is 21.9 Å². The Morgan fingerprint density at radius 1 is 1.38 bits per heavy atom. The van der Waals surface area contributed by atoms with Crippen LogP contribution in [-0.2, 0) is 0 Å². The van der Waals surface area contributed by atoms with Gasteiger partial charge in [-0.3, -0.25) is 0 Å². The van der Waals surface area contributed by atoms with Crippen LogP contribution in [0.5, 0.6) is 5.88 Å². The number of nitrogens with zero attached hydrogens (tertiary/aromatic N) is 2. The molecular weight excluding hydrogens is 202 g/mol. The second-order valence-electron chi connectivity index (χ2n) is 3.86. The molecule has 4 heteroatoms. The summed E-state index contributed by atoms with van der Waals surface area (Å²) in [6.45, 7) is 10.2. The van der Waals surface area contributed by atoms with Gasteiger partial charge in [0, 0.05) is 13.5 Å². The first-order valence-corrected chi connectivity index (χ1v) is 5.34. The highest BCUT2D eigenvalue weighted by Crippen LogP contribution is 2.21. The van der Waals surface area contributed by atoms with Crippen LogP contribution in [0.15, 0.2) is 12.2 Å². The fourth-order valence-corrected chi connectivity index (χ4v) is 1.31. The third-order valence-electron chi connectivity index (χ3n) is 2.22. The van der Waals surface area contributed by atoms with Crippen LogP contribution in [0, 0.1) is 13.8 Å². The van der Waals surface area contributed by atoms with Gasteiger partial charge in [-0.2, -0.15) is 4.98 Å². The molecule has 0 atom stereocenters. The summed E-state index contributed by atoms with van der Waals surface area (Å²) in [5, 5.41) is 3.03. The summed E-state index contributed by atoms with van der Waals surface area (Å²) >= 11 is 0. The van der Waals surface area contributed by atoms with Crippen LogP contribution in [0.2, 0.25) is 0 Å². The quantitative estimate of drug-likeness (QED) is 0.776. The van der Waals surface area contributed by atoms with E-state index in [0.29, 0.717) is 18.3 Å². The topological polar surface area (TPSA) is 47.0 Å². The van der Waals surface area contributed by atoms with E-state index in [9.17, 15) is 0 Å². The minimum atomic E-state index is 0.607. The molecule has 0 aliphatic rings. The number of hydrogen-bond acceptors (Lipinski definition) is 4. The highest BCUT2D eigenvalue weighted by molar-refractivity contribution is 5.47. The van der Waals surface area contributed by atoms with E-state index in [0.717, 1.165) is 23.4 Å². The molecule has 0 bridgehead atoms. The predicted molar refractivity (Wildman–Crippen MR) is 66.0 cm³/mol. The van der Waals surface area contributed by atoms with E-state index in [-0.39, 0.29) is 0 Å². The zero-order chi connectivity index (χ0) is 12.1. The SMILES string of the molecule is C=C(C)CCOc1nc(C)nc(NC)c1C. The van der Waals surface area contributed by atoms with Crippen molar-refractivity contribution in [3.63, 3.8) is 0 Å². The van der Waals surface area contributed by atoms with Gasteiger partial charge in [-0.25, -0.2) is 4.98 Å². The molecule has 0 amide bonds. The predicted octanol–water partition coefficient (Wildman–Crippen LogP) is 2.48. The maximum atomic E-state index is 5.62. The standard InChI is InChI=1S/C12H19N3O/c1-8(2)6-7-16-12-9(3)11(13-5)14-10(4)15-12/h1,6-7H2,2-5H3,(H,13,14,15). The van der Waals surface area contributed by atoms with E-state index in [1.165, 1.54) is 0 Å². The Morgan fingerprint density at radius 3 is 2.62 bits per heavy atom. The van der Waals surface area contributed by atoms with E-state index < -0.39 is 0 Å². The molecule has 0 saturated heterocycles. The first kappa shape index (κ1) is 12.5. The van der Waals surface area contributed by atoms with Crippen LogP contribution in [0.3, 0.4) is 0 Å². The molecule has 0 aliphatic heterocycles. The molecule has 88 valence electrons. The number of rotatable bonds is 5. The van der Waals surface area contributed by atoms with Crippen molar-refractivity contribution in [3.05, 3.63) is 23.5 Å². The number of aryl methyl sites for hydroxylation is 1. The lowest BCUT2D eigenvalue weighted by Crippen LogP contribution is -2.06. The molecule has 0 unspecified atom stereocenters. The second kappa shape index (κ2) is 5.49. The lowest BCUT2D eigenvalue weighted by atomic mass is 10.2. The van der Waals surface area contributed by atoms with Crippen molar-refractivity contribution in [2.24, 2.45) is 0 Å². The van der Waals surface area contributed by atoms with Crippen molar-refractivity contribution in [1.29, 1.82) is 0 Å². The molecule has 0 aliphatic carbocycles. The first-order valence-electron chi connectivity index (χ1n) is 5.34. The number of aromatic nitrogens is 2. The molecular formula is C12H19N3O. The Labute approximate surface area is 96.8 Å². The molecule has 0 fully saturated rings. The lowest BCUT2D eigenvalue weighted by Gasteiger charge is -2.11. The minimum Gasteiger partial charge on any atom is -0.477 e.